The molecule has 0 atom stereocenters. The highest BCUT2D eigenvalue weighted by Gasteiger charge is 2.26. The largest absolute Gasteiger partial charge is 0.369 e. The lowest BCUT2D eigenvalue weighted by Gasteiger charge is -2.41. The van der Waals surface area contributed by atoms with E-state index < -0.39 is 0 Å². The molecule has 0 saturated carbocycles. The molecular weight excluding hydrogens is 331 g/mol. The maximum absolute atomic E-state index is 14.2. The molecule has 0 radical (unpaired) electrons. The summed E-state index contributed by atoms with van der Waals surface area (Å²) >= 11 is 3.38. The van der Waals surface area contributed by atoms with E-state index in [-0.39, 0.29) is 5.82 Å². The Hall–Kier alpha value is -0.610. The highest BCUT2D eigenvalue weighted by molar-refractivity contribution is 9.08. The number of nitrogens with zero attached hydrogens (tertiary/aromatic N) is 2. The molecule has 4 heteroatoms. The molecule has 0 spiro atoms. The van der Waals surface area contributed by atoms with Crippen LogP contribution in [0.1, 0.15) is 37.7 Å². The molecule has 2 aliphatic rings. The van der Waals surface area contributed by atoms with Crippen LogP contribution < -0.4 is 4.90 Å². The molecule has 1 aromatic rings. The van der Waals surface area contributed by atoms with E-state index in [1.54, 1.807) is 6.07 Å². The van der Waals surface area contributed by atoms with E-state index in [1.807, 2.05) is 12.1 Å². The third-order valence-corrected chi connectivity index (χ3v) is 5.53. The maximum atomic E-state index is 14.2. The Kier molecular flexibility index (Phi) is 5.17. The van der Waals surface area contributed by atoms with Crippen molar-refractivity contribution in [2.24, 2.45) is 0 Å². The lowest BCUT2D eigenvalue weighted by atomic mass is 9.99. The SMILES string of the molecule is Fc1cc(CBr)ccc1N1CCC(N2CCCCC2)CC1. The van der Waals surface area contributed by atoms with Crippen molar-refractivity contribution in [2.45, 2.75) is 43.5 Å². The highest BCUT2D eigenvalue weighted by atomic mass is 79.9. The monoisotopic (exact) mass is 354 g/mol. The van der Waals surface area contributed by atoms with Crippen LogP contribution in [0.2, 0.25) is 0 Å². The molecule has 0 unspecified atom stereocenters. The summed E-state index contributed by atoms with van der Waals surface area (Å²) in [7, 11) is 0. The molecule has 2 aliphatic heterocycles. The smallest absolute Gasteiger partial charge is 0.146 e. The molecule has 0 aliphatic carbocycles. The third-order valence-electron chi connectivity index (χ3n) is 4.88. The quantitative estimate of drug-likeness (QED) is 0.751. The summed E-state index contributed by atoms with van der Waals surface area (Å²) in [5.41, 5.74) is 1.77. The average Bonchev–Trinajstić information content (AvgIpc) is 2.56. The predicted octanol–water partition coefficient (Wildman–Crippen LogP) is 4.18. The molecule has 0 N–H and O–H groups in total. The first-order chi connectivity index (χ1) is 10.3. The number of hydrogen-bond acceptors (Lipinski definition) is 2. The van der Waals surface area contributed by atoms with E-state index >= 15 is 0 Å². The number of piperidine rings is 2. The number of benzene rings is 1. The maximum Gasteiger partial charge on any atom is 0.146 e. The Bertz CT molecular complexity index is 466. The molecule has 0 amide bonds. The summed E-state index contributed by atoms with van der Waals surface area (Å²) in [6.07, 6.45) is 6.42. The summed E-state index contributed by atoms with van der Waals surface area (Å²) in [5, 5.41) is 0.710. The number of anilines is 1. The van der Waals surface area contributed by atoms with Gasteiger partial charge < -0.3 is 9.80 Å². The molecule has 21 heavy (non-hydrogen) atoms. The van der Waals surface area contributed by atoms with Crippen LogP contribution in [0.15, 0.2) is 18.2 Å². The fourth-order valence-corrected chi connectivity index (χ4v) is 3.99. The van der Waals surface area contributed by atoms with Crippen molar-refractivity contribution in [1.29, 1.82) is 0 Å². The number of halogens is 2. The second-order valence-electron chi connectivity index (χ2n) is 6.23. The van der Waals surface area contributed by atoms with Crippen LogP contribution in [-0.2, 0) is 5.33 Å². The lowest BCUT2D eigenvalue weighted by molar-refractivity contribution is 0.141. The molecule has 116 valence electrons. The van der Waals surface area contributed by atoms with Crippen LogP contribution >= 0.6 is 15.9 Å². The molecule has 2 nitrogen and oxygen atoms in total. The van der Waals surface area contributed by atoms with E-state index in [0.29, 0.717) is 11.4 Å². The summed E-state index contributed by atoms with van der Waals surface area (Å²) in [6, 6.07) is 6.32. The molecule has 2 heterocycles. The Labute approximate surface area is 135 Å². The first kappa shape index (κ1) is 15.3. The van der Waals surface area contributed by atoms with Crippen LogP contribution in [0.4, 0.5) is 10.1 Å². The second kappa shape index (κ2) is 7.10. The number of likely N-dealkylation sites (tertiary alicyclic amines) is 1. The number of rotatable bonds is 3. The van der Waals surface area contributed by atoms with Crippen LogP contribution in [-0.4, -0.2) is 37.1 Å². The van der Waals surface area contributed by atoms with Gasteiger partial charge in [0, 0.05) is 24.5 Å². The van der Waals surface area contributed by atoms with Crippen LogP contribution in [0.3, 0.4) is 0 Å². The molecule has 2 fully saturated rings. The zero-order chi connectivity index (χ0) is 14.7. The van der Waals surface area contributed by atoms with Gasteiger partial charge in [0.2, 0.25) is 0 Å². The standard InChI is InChI=1S/C17H24BrFN2/c18-13-14-4-5-17(16(19)12-14)21-10-6-15(7-11-21)20-8-2-1-3-9-20/h4-5,12,15H,1-3,6-11,13H2. The normalized spacial score (nSPS) is 21.7. The van der Waals surface area contributed by atoms with Gasteiger partial charge in [0.05, 0.1) is 5.69 Å². The minimum Gasteiger partial charge on any atom is -0.369 e. The summed E-state index contributed by atoms with van der Waals surface area (Å²) < 4.78 is 14.2. The van der Waals surface area contributed by atoms with Gasteiger partial charge in [-0.2, -0.15) is 0 Å². The lowest BCUT2D eigenvalue weighted by Crippen LogP contribution is -2.46. The van der Waals surface area contributed by atoms with Gasteiger partial charge in [-0.05, 0) is 56.5 Å². The number of hydrogen-bond donors (Lipinski definition) is 0. The molecular formula is C17H24BrFN2. The highest BCUT2D eigenvalue weighted by Crippen LogP contribution is 2.27. The van der Waals surface area contributed by atoms with Gasteiger partial charge in [0.25, 0.3) is 0 Å². The van der Waals surface area contributed by atoms with E-state index in [2.05, 4.69) is 25.7 Å². The summed E-state index contributed by atoms with van der Waals surface area (Å²) in [4.78, 5) is 4.87. The van der Waals surface area contributed by atoms with Crippen molar-refractivity contribution < 1.29 is 4.39 Å². The minimum absolute atomic E-state index is 0.0802. The third kappa shape index (κ3) is 3.59. The van der Waals surface area contributed by atoms with Crippen molar-refractivity contribution in [3.05, 3.63) is 29.6 Å². The van der Waals surface area contributed by atoms with Gasteiger partial charge >= 0.3 is 0 Å². The summed E-state index contributed by atoms with van der Waals surface area (Å²) in [5.74, 6) is -0.0802. The number of alkyl halides is 1. The van der Waals surface area contributed by atoms with Crippen LogP contribution in [0.25, 0.3) is 0 Å². The van der Waals surface area contributed by atoms with Gasteiger partial charge in [0.1, 0.15) is 5.82 Å². The van der Waals surface area contributed by atoms with E-state index in [0.717, 1.165) is 24.3 Å². The Morgan fingerprint density at radius 2 is 1.76 bits per heavy atom. The van der Waals surface area contributed by atoms with E-state index in [9.17, 15) is 4.39 Å². The molecule has 0 aromatic heterocycles. The van der Waals surface area contributed by atoms with Gasteiger partial charge in [-0.25, -0.2) is 4.39 Å². The van der Waals surface area contributed by atoms with E-state index in [4.69, 9.17) is 0 Å². The fourth-order valence-electron chi connectivity index (χ4n) is 3.65. The predicted molar refractivity (Wildman–Crippen MR) is 89.7 cm³/mol. The Morgan fingerprint density at radius 1 is 1.05 bits per heavy atom. The Morgan fingerprint density at radius 3 is 2.38 bits per heavy atom. The van der Waals surface area contributed by atoms with Crippen molar-refractivity contribution >= 4 is 21.6 Å². The molecule has 1 aromatic carbocycles. The first-order valence-corrected chi connectivity index (χ1v) is 9.23. The Balaban J connectivity index is 1.60. The van der Waals surface area contributed by atoms with Gasteiger partial charge in [-0.15, -0.1) is 0 Å². The second-order valence-corrected chi connectivity index (χ2v) is 6.79. The van der Waals surface area contributed by atoms with Crippen LogP contribution in [0, 0.1) is 5.82 Å². The van der Waals surface area contributed by atoms with Crippen molar-refractivity contribution in [3.8, 4) is 0 Å². The molecule has 2 saturated heterocycles. The average molecular weight is 355 g/mol. The zero-order valence-corrected chi connectivity index (χ0v) is 14.1. The van der Waals surface area contributed by atoms with Crippen molar-refractivity contribution in [3.63, 3.8) is 0 Å². The van der Waals surface area contributed by atoms with Gasteiger partial charge in [0.15, 0.2) is 0 Å². The van der Waals surface area contributed by atoms with Gasteiger partial charge in [-0.3, -0.25) is 0 Å². The molecule has 0 bridgehead atoms. The van der Waals surface area contributed by atoms with Crippen LogP contribution in [0.5, 0.6) is 0 Å². The zero-order valence-electron chi connectivity index (χ0n) is 12.5. The fraction of sp³-hybridized carbons (Fsp3) is 0.647. The first-order valence-electron chi connectivity index (χ1n) is 8.11. The summed E-state index contributed by atoms with van der Waals surface area (Å²) in [6.45, 7) is 4.48. The van der Waals surface area contributed by atoms with Crippen molar-refractivity contribution in [2.75, 3.05) is 31.1 Å². The minimum atomic E-state index is -0.0802. The van der Waals surface area contributed by atoms with Crippen molar-refractivity contribution in [1.82, 2.24) is 4.90 Å². The van der Waals surface area contributed by atoms with E-state index in [1.165, 1.54) is 45.2 Å². The topological polar surface area (TPSA) is 6.48 Å². The van der Waals surface area contributed by atoms with Gasteiger partial charge in [-0.1, -0.05) is 28.4 Å². The molecule has 3 rings (SSSR count).